The van der Waals surface area contributed by atoms with Gasteiger partial charge in [-0.25, -0.2) is 0 Å². The predicted octanol–water partition coefficient (Wildman–Crippen LogP) is 4.55. The lowest BCUT2D eigenvalue weighted by molar-refractivity contribution is -0.135. The van der Waals surface area contributed by atoms with E-state index >= 15 is 0 Å². The largest absolute Gasteiger partial charge is 0.339 e. The molecule has 4 aliphatic carbocycles. The van der Waals surface area contributed by atoms with Crippen LogP contribution in [0.3, 0.4) is 0 Å². The van der Waals surface area contributed by atoms with Crippen LogP contribution in [0.4, 0.5) is 0 Å². The number of hydrogen-bond acceptors (Lipinski definition) is 3. The molecule has 32 heavy (non-hydrogen) atoms. The molecule has 4 nitrogen and oxygen atoms in total. The van der Waals surface area contributed by atoms with Crippen molar-refractivity contribution in [1.29, 1.82) is 0 Å². The van der Waals surface area contributed by atoms with Gasteiger partial charge in [0.2, 0.25) is 5.91 Å². The Kier molecular flexibility index (Phi) is 6.63. The van der Waals surface area contributed by atoms with E-state index in [1.54, 1.807) is 0 Å². The highest BCUT2D eigenvalue weighted by Gasteiger charge is 2.56. The van der Waals surface area contributed by atoms with Crippen molar-refractivity contribution < 1.29 is 4.79 Å². The van der Waals surface area contributed by atoms with E-state index in [-0.39, 0.29) is 6.04 Å². The van der Waals surface area contributed by atoms with Crippen molar-refractivity contribution in [1.82, 2.24) is 15.1 Å². The zero-order valence-corrected chi connectivity index (χ0v) is 20.3. The molecule has 1 amide bonds. The van der Waals surface area contributed by atoms with Gasteiger partial charge in [-0.2, -0.15) is 0 Å². The minimum Gasteiger partial charge on any atom is -0.339 e. The molecule has 4 bridgehead atoms. The van der Waals surface area contributed by atoms with Crippen molar-refractivity contribution in [2.75, 3.05) is 32.7 Å². The van der Waals surface area contributed by atoms with Crippen LogP contribution in [0.25, 0.3) is 0 Å². The van der Waals surface area contributed by atoms with Gasteiger partial charge in [0.15, 0.2) is 0 Å². The number of carbonyl (C=O) groups is 1. The number of nitrogens with zero attached hydrogens (tertiary/aromatic N) is 2. The molecule has 1 aliphatic heterocycles. The number of piperazine rings is 1. The Hall–Kier alpha value is -1.39. The molecule has 1 N–H and O–H groups in total. The maximum absolute atomic E-state index is 13.5. The molecule has 5 aliphatic rings. The molecule has 1 heterocycles. The fourth-order valence-electron chi connectivity index (χ4n) is 7.80. The minimum atomic E-state index is -0.0112. The molecule has 1 aromatic carbocycles. The molecule has 6 rings (SSSR count). The Morgan fingerprint density at radius 3 is 2.38 bits per heavy atom. The van der Waals surface area contributed by atoms with Crippen LogP contribution in [0, 0.1) is 29.1 Å². The average Bonchev–Trinajstić information content (AvgIpc) is 3.17. The van der Waals surface area contributed by atoms with E-state index in [1.807, 2.05) is 0 Å². The van der Waals surface area contributed by atoms with Crippen molar-refractivity contribution >= 4 is 5.91 Å². The van der Waals surface area contributed by atoms with Gasteiger partial charge in [-0.05, 0) is 86.1 Å². The summed E-state index contributed by atoms with van der Waals surface area (Å²) in [6, 6.07) is 10.7. The van der Waals surface area contributed by atoms with Gasteiger partial charge in [0.25, 0.3) is 0 Å². The van der Waals surface area contributed by atoms with Crippen LogP contribution in [-0.4, -0.2) is 54.5 Å². The highest BCUT2D eigenvalue weighted by Crippen LogP contribution is 2.66. The van der Waals surface area contributed by atoms with Crippen molar-refractivity contribution in [3.8, 4) is 0 Å². The predicted molar refractivity (Wildman–Crippen MR) is 130 cm³/mol. The first kappa shape index (κ1) is 22.4. The first-order valence-electron chi connectivity index (χ1n) is 13.3. The summed E-state index contributed by atoms with van der Waals surface area (Å²) in [4.78, 5) is 18.1. The highest BCUT2D eigenvalue weighted by atomic mass is 16.2. The molecule has 5 fully saturated rings. The second-order valence-corrected chi connectivity index (χ2v) is 11.9. The summed E-state index contributed by atoms with van der Waals surface area (Å²) < 4.78 is 0. The van der Waals surface area contributed by atoms with Gasteiger partial charge in [0, 0.05) is 32.7 Å². The highest BCUT2D eigenvalue weighted by molar-refractivity contribution is 5.82. The van der Waals surface area contributed by atoms with Crippen LogP contribution in [0.1, 0.15) is 64.4 Å². The fourth-order valence-corrected chi connectivity index (χ4v) is 7.80. The number of benzene rings is 1. The summed E-state index contributed by atoms with van der Waals surface area (Å²) in [6.45, 7) is 10.2. The average molecular weight is 438 g/mol. The van der Waals surface area contributed by atoms with Gasteiger partial charge in [0.1, 0.15) is 0 Å². The third-order valence-corrected chi connectivity index (χ3v) is 9.11. The third kappa shape index (κ3) is 4.77. The number of nitrogens with one attached hydrogen (secondary N) is 1. The molecule has 1 saturated heterocycles. The lowest BCUT2D eigenvalue weighted by Crippen LogP contribution is -2.54. The molecule has 3 atom stereocenters. The number of carbonyl (C=O) groups excluding carboxylic acids is 1. The van der Waals surface area contributed by atoms with Crippen molar-refractivity contribution in [3.63, 3.8) is 0 Å². The normalized spacial score (nSPS) is 32.7. The second kappa shape index (κ2) is 9.46. The maximum Gasteiger partial charge on any atom is 0.239 e. The van der Waals surface area contributed by atoms with Gasteiger partial charge in [-0.3, -0.25) is 9.69 Å². The summed E-state index contributed by atoms with van der Waals surface area (Å²) in [5.74, 6) is 3.91. The van der Waals surface area contributed by atoms with E-state index in [9.17, 15) is 4.79 Å². The van der Waals surface area contributed by atoms with Crippen molar-refractivity contribution in [3.05, 3.63) is 35.9 Å². The molecule has 4 saturated carbocycles. The number of rotatable bonds is 9. The zero-order valence-electron chi connectivity index (χ0n) is 20.3. The van der Waals surface area contributed by atoms with E-state index < -0.39 is 0 Å². The van der Waals surface area contributed by atoms with Gasteiger partial charge >= 0.3 is 0 Å². The van der Waals surface area contributed by atoms with Gasteiger partial charge in [0.05, 0.1) is 6.04 Å². The molecule has 0 spiro atoms. The van der Waals surface area contributed by atoms with Crippen LogP contribution < -0.4 is 5.32 Å². The Morgan fingerprint density at radius 1 is 1.03 bits per heavy atom. The van der Waals surface area contributed by atoms with E-state index in [4.69, 9.17) is 0 Å². The quantitative estimate of drug-likeness (QED) is 0.616. The van der Waals surface area contributed by atoms with Crippen LogP contribution in [0.2, 0.25) is 0 Å². The van der Waals surface area contributed by atoms with Gasteiger partial charge in [-0.1, -0.05) is 44.2 Å². The van der Waals surface area contributed by atoms with Crippen LogP contribution in [0.15, 0.2) is 30.3 Å². The van der Waals surface area contributed by atoms with E-state index in [2.05, 4.69) is 59.3 Å². The fraction of sp³-hybridized carbons (Fsp3) is 0.750. The monoisotopic (exact) mass is 437 g/mol. The van der Waals surface area contributed by atoms with Crippen molar-refractivity contribution in [2.24, 2.45) is 29.1 Å². The van der Waals surface area contributed by atoms with Gasteiger partial charge in [-0.15, -0.1) is 0 Å². The Bertz CT molecular complexity index is 756. The summed E-state index contributed by atoms with van der Waals surface area (Å²) >= 11 is 0. The Balaban J connectivity index is 1.12. The molecule has 0 radical (unpaired) electrons. The number of amides is 1. The second-order valence-electron chi connectivity index (χ2n) is 11.9. The first-order chi connectivity index (χ1) is 15.5. The molecule has 4 heteroatoms. The molecular weight excluding hydrogens is 394 g/mol. The Morgan fingerprint density at radius 2 is 1.72 bits per heavy atom. The van der Waals surface area contributed by atoms with E-state index in [1.165, 1.54) is 44.1 Å². The number of hydrogen-bond donors (Lipinski definition) is 1. The summed E-state index contributed by atoms with van der Waals surface area (Å²) in [5.41, 5.74) is 1.98. The third-order valence-electron chi connectivity index (χ3n) is 9.11. The smallest absolute Gasteiger partial charge is 0.239 e. The van der Waals surface area contributed by atoms with Crippen LogP contribution in [0.5, 0.6) is 0 Å². The van der Waals surface area contributed by atoms with E-state index in [0.29, 0.717) is 17.2 Å². The first-order valence-corrected chi connectivity index (χ1v) is 13.3. The molecule has 1 aromatic rings. The summed E-state index contributed by atoms with van der Waals surface area (Å²) in [7, 11) is 0. The molecule has 0 aromatic heterocycles. The lowest BCUT2D eigenvalue weighted by Gasteiger charge is -2.37. The maximum atomic E-state index is 13.5. The van der Waals surface area contributed by atoms with Crippen LogP contribution >= 0.6 is 0 Å². The van der Waals surface area contributed by atoms with Crippen molar-refractivity contribution in [2.45, 2.75) is 71.4 Å². The standard InChI is InChI=1S/C28H43N3O/c1-21(2)14-26(29-9-8-28-18-23-15-24(19-28)17-25(28)16-23)27(32)31-12-10-30(11-13-31)20-22-6-4-3-5-7-22/h3-7,21,23-26,29H,8-20H2,1-2H3. The van der Waals surface area contributed by atoms with Gasteiger partial charge < -0.3 is 10.2 Å². The molecule has 3 unspecified atom stereocenters. The molecule has 176 valence electrons. The zero-order chi connectivity index (χ0) is 22.1. The molecular formula is C28H43N3O. The summed E-state index contributed by atoms with van der Waals surface area (Å²) in [6.07, 6.45) is 9.69. The minimum absolute atomic E-state index is 0.0112. The van der Waals surface area contributed by atoms with E-state index in [0.717, 1.165) is 63.4 Å². The Labute approximate surface area is 195 Å². The summed E-state index contributed by atoms with van der Waals surface area (Å²) in [5, 5.41) is 3.76. The topological polar surface area (TPSA) is 35.6 Å². The lowest BCUT2D eigenvalue weighted by atomic mass is 9.73. The SMILES string of the molecule is CC(C)CC(NCCC12CC3CC(CC1C3)C2)C(=O)N1CCN(Cc2ccccc2)CC1. The van der Waals surface area contributed by atoms with Crippen LogP contribution in [-0.2, 0) is 11.3 Å².